The average Bonchev–Trinajstić information content (AvgIpc) is 3.07. The third kappa shape index (κ3) is 5.06. The van der Waals surface area contributed by atoms with Crippen molar-refractivity contribution >= 4 is 63.9 Å². The molecule has 1 aliphatic carbocycles. The van der Waals surface area contributed by atoms with E-state index in [1.54, 1.807) is 24.4 Å². The maximum Gasteiger partial charge on any atom is 0.267 e. The van der Waals surface area contributed by atoms with Crippen LogP contribution in [0.3, 0.4) is 0 Å². The van der Waals surface area contributed by atoms with Crippen LogP contribution >= 0.6 is 34.8 Å². The zero-order chi connectivity index (χ0) is 22.1. The van der Waals surface area contributed by atoms with E-state index in [0.29, 0.717) is 30.1 Å². The van der Waals surface area contributed by atoms with Crippen LogP contribution in [0.15, 0.2) is 30.5 Å². The van der Waals surface area contributed by atoms with Gasteiger partial charge in [-0.15, -0.1) is 23.2 Å². The SMILES string of the molecule is N=C(C(N)=O)c1cc(Cl)ccc1NCC(=O)N1C=CC[C@H]1C(=O)NC[C@H]1CC1(Cl)Cl. The van der Waals surface area contributed by atoms with Gasteiger partial charge in [-0.3, -0.25) is 19.8 Å². The van der Waals surface area contributed by atoms with Crippen molar-refractivity contribution in [3.05, 3.63) is 41.1 Å². The molecule has 1 aliphatic heterocycles. The normalized spacial score (nSPS) is 21.2. The first kappa shape index (κ1) is 22.4. The molecule has 1 aromatic carbocycles. The number of primary amides is 1. The van der Waals surface area contributed by atoms with E-state index >= 15 is 0 Å². The monoisotopic (exact) mass is 471 g/mol. The van der Waals surface area contributed by atoms with Gasteiger partial charge in [-0.25, -0.2) is 0 Å². The Morgan fingerprint density at radius 2 is 2.00 bits per heavy atom. The molecule has 160 valence electrons. The number of hydrogen-bond donors (Lipinski definition) is 4. The molecular formula is C19H20Cl3N5O3. The fourth-order valence-electron chi connectivity index (χ4n) is 3.12. The second-order valence-electron chi connectivity index (χ2n) is 7.13. The Morgan fingerprint density at radius 1 is 1.30 bits per heavy atom. The Labute approximate surface area is 188 Å². The maximum absolute atomic E-state index is 12.7. The lowest BCUT2D eigenvalue weighted by atomic mass is 10.1. The van der Waals surface area contributed by atoms with Crippen LogP contribution in [-0.2, 0) is 14.4 Å². The van der Waals surface area contributed by atoms with Crippen LogP contribution in [0.25, 0.3) is 0 Å². The number of benzene rings is 1. The third-order valence-electron chi connectivity index (χ3n) is 4.96. The summed E-state index contributed by atoms with van der Waals surface area (Å²) in [4.78, 5) is 37.9. The van der Waals surface area contributed by atoms with Gasteiger partial charge >= 0.3 is 0 Å². The first-order valence-electron chi connectivity index (χ1n) is 9.15. The molecule has 0 radical (unpaired) electrons. The number of anilines is 1. The predicted octanol–water partition coefficient (Wildman–Crippen LogP) is 2.03. The fraction of sp³-hybridized carbons (Fsp3) is 0.368. The lowest BCUT2D eigenvalue weighted by Crippen LogP contribution is -2.47. The van der Waals surface area contributed by atoms with Crippen molar-refractivity contribution in [3.8, 4) is 0 Å². The lowest BCUT2D eigenvalue weighted by Gasteiger charge is -2.24. The molecule has 0 aromatic heterocycles. The fourth-order valence-corrected chi connectivity index (χ4v) is 3.82. The molecule has 5 N–H and O–H groups in total. The molecule has 2 aliphatic rings. The molecular weight excluding hydrogens is 453 g/mol. The van der Waals surface area contributed by atoms with E-state index in [-0.39, 0.29) is 29.8 Å². The number of carbonyl (C=O) groups excluding carboxylic acids is 3. The van der Waals surface area contributed by atoms with E-state index in [9.17, 15) is 14.4 Å². The van der Waals surface area contributed by atoms with E-state index < -0.39 is 22.0 Å². The summed E-state index contributed by atoms with van der Waals surface area (Å²) in [6.45, 7) is 0.190. The van der Waals surface area contributed by atoms with Gasteiger partial charge in [0.15, 0.2) is 0 Å². The molecule has 3 amide bonds. The number of alkyl halides is 2. The van der Waals surface area contributed by atoms with Crippen LogP contribution in [0.1, 0.15) is 18.4 Å². The summed E-state index contributed by atoms with van der Waals surface area (Å²) >= 11 is 17.9. The Bertz CT molecular complexity index is 934. The summed E-state index contributed by atoms with van der Waals surface area (Å²) in [6.07, 6.45) is 4.32. The number of carbonyl (C=O) groups is 3. The smallest absolute Gasteiger partial charge is 0.267 e. The highest BCUT2D eigenvalue weighted by atomic mass is 35.5. The molecule has 1 aromatic rings. The second kappa shape index (κ2) is 8.83. The molecule has 8 nitrogen and oxygen atoms in total. The predicted molar refractivity (Wildman–Crippen MR) is 116 cm³/mol. The van der Waals surface area contributed by atoms with Crippen molar-refractivity contribution in [2.75, 3.05) is 18.4 Å². The highest BCUT2D eigenvalue weighted by Gasteiger charge is 2.51. The quantitative estimate of drug-likeness (QED) is 0.341. The highest BCUT2D eigenvalue weighted by Crippen LogP contribution is 2.52. The molecule has 1 fully saturated rings. The van der Waals surface area contributed by atoms with Crippen molar-refractivity contribution in [2.45, 2.75) is 23.2 Å². The summed E-state index contributed by atoms with van der Waals surface area (Å²) in [5, 5.41) is 13.8. The van der Waals surface area contributed by atoms with Gasteiger partial charge in [0, 0.05) is 34.9 Å². The summed E-state index contributed by atoms with van der Waals surface area (Å²) < 4.78 is -0.782. The molecule has 30 heavy (non-hydrogen) atoms. The summed E-state index contributed by atoms with van der Waals surface area (Å²) in [6, 6.07) is 3.86. The van der Waals surface area contributed by atoms with E-state index in [0.717, 1.165) is 0 Å². The Morgan fingerprint density at radius 3 is 2.63 bits per heavy atom. The largest absolute Gasteiger partial charge is 0.376 e. The maximum atomic E-state index is 12.7. The number of nitrogens with one attached hydrogen (secondary N) is 3. The van der Waals surface area contributed by atoms with Crippen LogP contribution < -0.4 is 16.4 Å². The van der Waals surface area contributed by atoms with Gasteiger partial charge in [0.05, 0.1) is 6.54 Å². The van der Waals surface area contributed by atoms with Crippen LogP contribution in [0.2, 0.25) is 5.02 Å². The van der Waals surface area contributed by atoms with Gasteiger partial charge in [0.2, 0.25) is 11.8 Å². The summed E-state index contributed by atoms with van der Waals surface area (Å²) in [5.74, 6) is -1.55. The van der Waals surface area contributed by atoms with Crippen LogP contribution in [0.5, 0.6) is 0 Å². The molecule has 1 heterocycles. The Hall–Kier alpha value is -2.29. The lowest BCUT2D eigenvalue weighted by molar-refractivity contribution is -0.135. The average molecular weight is 473 g/mol. The van der Waals surface area contributed by atoms with Gasteiger partial charge in [-0.05, 0) is 31.0 Å². The molecule has 11 heteroatoms. The van der Waals surface area contributed by atoms with Crippen molar-refractivity contribution in [2.24, 2.45) is 11.7 Å². The van der Waals surface area contributed by atoms with Gasteiger partial charge < -0.3 is 21.3 Å². The summed E-state index contributed by atoms with van der Waals surface area (Å²) in [7, 11) is 0. The molecule has 0 unspecified atom stereocenters. The number of nitrogens with two attached hydrogens (primary N) is 1. The number of rotatable bonds is 8. The van der Waals surface area contributed by atoms with E-state index in [2.05, 4.69) is 10.6 Å². The molecule has 0 spiro atoms. The zero-order valence-corrected chi connectivity index (χ0v) is 18.0. The Kier molecular flexibility index (Phi) is 6.59. The minimum atomic E-state index is -0.917. The standard InChI is InChI=1S/C19H20Cl3N5O3/c20-11-3-4-13(12(6-11)16(23)17(24)29)25-9-15(28)27-5-1-2-14(27)18(30)26-8-10-7-19(10,21)22/h1,3-6,10,14,23,25H,2,7-9H2,(H2,24,29)(H,26,30)/t10-,14+/m1/s1. The molecule has 0 saturated heterocycles. The minimum absolute atomic E-state index is 0.00821. The van der Waals surface area contributed by atoms with Gasteiger partial charge in [-0.1, -0.05) is 17.7 Å². The van der Waals surface area contributed by atoms with E-state index in [4.69, 9.17) is 45.9 Å². The molecule has 1 saturated carbocycles. The third-order valence-corrected chi connectivity index (χ3v) is 6.12. The molecule has 0 bridgehead atoms. The van der Waals surface area contributed by atoms with Crippen LogP contribution in [0.4, 0.5) is 5.69 Å². The minimum Gasteiger partial charge on any atom is -0.376 e. The number of hydrogen-bond acceptors (Lipinski definition) is 5. The van der Waals surface area contributed by atoms with Crippen LogP contribution in [0, 0.1) is 11.3 Å². The second-order valence-corrected chi connectivity index (χ2v) is 9.11. The highest BCUT2D eigenvalue weighted by molar-refractivity contribution is 6.50. The van der Waals surface area contributed by atoms with Crippen LogP contribution in [-0.4, -0.2) is 51.8 Å². The number of amides is 3. The number of nitrogens with zero attached hydrogens (tertiary/aromatic N) is 1. The topological polar surface area (TPSA) is 128 Å². The van der Waals surface area contributed by atoms with E-state index in [1.807, 2.05) is 0 Å². The molecule has 2 atom stereocenters. The van der Waals surface area contributed by atoms with Gasteiger partial charge in [0.25, 0.3) is 5.91 Å². The van der Waals surface area contributed by atoms with E-state index in [1.165, 1.54) is 11.0 Å². The summed E-state index contributed by atoms with van der Waals surface area (Å²) in [5.41, 5.74) is 5.30. The van der Waals surface area contributed by atoms with Crippen molar-refractivity contribution in [1.82, 2.24) is 10.2 Å². The van der Waals surface area contributed by atoms with Crippen molar-refractivity contribution in [1.29, 1.82) is 5.41 Å². The first-order valence-corrected chi connectivity index (χ1v) is 10.3. The Balaban J connectivity index is 1.60. The van der Waals surface area contributed by atoms with Gasteiger partial charge in [-0.2, -0.15) is 0 Å². The van der Waals surface area contributed by atoms with Crippen molar-refractivity contribution in [3.63, 3.8) is 0 Å². The zero-order valence-electron chi connectivity index (χ0n) is 15.8. The first-order chi connectivity index (χ1) is 14.1. The number of halogens is 3. The molecule has 3 rings (SSSR count). The van der Waals surface area contributed by atoms with Gasteiger partial charge in [0.1, 0.15) is 16.1 Å². The van der Waals surface area contributed by atoms with Crippen molar-refractivity contribution < 1.29 is 14.4 Å².